The molecule has 0 aliphatic heterocycles. The lowest BCUT2D eigenvalue weighted by Gasteiger charge is -2.10. The number of hydrogen-bond acceptors (Lipinski definition) is 3. The summed E-state index contributed by atoms with van der Waals surface area (Å²) < 4.78 is 16.0. The Hall–Kier alpha value is -1.99. The van der Waals surface area contributed by atoms with Crippen molar-refractivity contribution in [2.24, 2.45) is 5.84 Å². The van der Waals surface area contributed by atoms with E-state index >= 15 is 0 Å². The van der Waals surface area contributed by atoms with Crippen LogP contribution in [-0.2, 0) is 6.54 Å². The highest BCUT2D eigenvalue weighted by atomic mass is 79.9. The molecular weight excluding hydrogens is 341 g/mol. The number of hydrazine groups is 1. The van der Waals surface area contributed by atoms with Crippen molar-refractivity contribution in [1.82, 2.24) is 9.99 Å². The van der Waals surface area contributed by atoms with E-state index in [-0.39, 0.29) is 23.2 Å². The van der Waals surface area contributed by atoms with E-state index < -0.39 is 11.7 Å². The van der Waals surface area contributed by atoms with E-state index in [0.29, 0.717) is 5.56 Å². The van der Waals surface area contributed by atoms with Gasteiger partial charge in [0.15, 0.2) is 0 Å². The number of nitrogens with one attached hydrogen (secondary N) is 1. The monoisotopic (exact) mass is 353 g/mol. The molecule has 21 heavy (non-hydrogen) atoms. The van der Waals surface area contributed by atoms with Gasteiger partial charge in [-0.15, -0.1) is 0 Å². The van der Waals surface area contributed by atoms with Gasteiger partial charge in [0.25, 0.3) is 11.5 Å². The first-order valence-corrected chi connectivity index (χ1v) is 6.87. The van der Waals surface area contributed by atoms with Crippen LogP contribution in [0.4, 0.5) is 4.39 Å². The number of rotatable bonds is 3. The minimum absolute atomic E-state index is 0.0244. The summed E-state index contributed by atoms with van der Waals surface area (Å²) in [4.78, 5) is 23.5. The SMILES string of the molecule is Cc1cc(Br)cn(Cc2cc(C(=O)NN)ccc2F)c1=O. The van der Waals surface area contributed by atoms with E-state index in [2.05, 4.69) is 15.9 Å². The summed E-state index contributed by atoms with van der Waals surface area (Å²) in [6.45, 7) is 1.70. The van der Waals surface area contributed by atoms with Crippen molar-refractivity contribution in [1.29, 1.82) is 0 Å². The van der Waals surface area contributed by atoms with Crippen molar-refractivity contribution in [2.45, 2.75) is 13.5 Å². The third kappa shape index (κ3) is 3.37. The minimum Gasteiger partial charge on any atom is -0.310 e. The first-order valence-electron chi connectivity index (χ1n) is 6.08. The number of benzene rings is 1. The van der Waals surface area contributed by atoms with Crippen LogP contribution in [0.3, 0.4) is 0 Å². The lowest BCUT2D eigenvalue weighted by molar-refractivity contribution is 0.0953. The smallest absolute Gasteiger partial charge is 0.265 e. The van der Waals surface area contributed by atoms with Crippen molar-refractivity contribution >= 4 is 21.8 Å². The molecule has 0 fully saturated rings. The fraction of sp³-hybridized carbons (Fsp3) is 0.143. The second kappa shape index (κ2) is 6.19. The zero-order valence-electron chi connectivity index (χ0n) is 11.2. The number of halogens is 2. The molecule has 0 unspecified atom stereocenters. The van der Waals surface area contributed by atoms with Crippen molar-refractivity contribution in [2.75, 3.05) is 0 Å². The van der Waals surface area contributed by atoms with Gasteiger partial charge in [0.05, 0.1) is 6.54 Å². The maximum Gasteiger partial charge on any atom is 0.265 e. The fourth-order valence-electron chi connectivity index (χ4n) is 1.96. The summed E-state index contributed by atoms with van der Waals surface area (Å²) in [6.07, 6.45) is 1.57. The van der Waals surface area contributed by atoms with E-state index in [1.54, 1.807) is 19.2 Å². The highest BCUT2D eigenvalue weighted by molar-refractivity contribution is 9.10. The van der Waals surface area contributed by atoms with Crippen molar-refractivity contribution in [3.8, 4) is 0 Å². The van der Waals surface area contributed by atoms with Gasteiger partial charge in [0.1, 0.15) is 5.82 Å². The minimum atomic E-state index is -0.519. The Morgan fingerprint density at radius 3 is 2.81 bits per heavy atom. The second-order valence-corrected chi connectivity index (χ2v) is 5.47. The summed E-state index contributed by atoms with van der Waals surface area (Å²) >= 11 is 3.29. The molecule has 1 amide bonds. The molecule has 0 bridgehead atoms. The number of carbonyl (C=O) groups is 1. The molecule has 0 saturated heterocycles. The summed E-state index contributed by atoms with van der Waals surface area (Å²) in [5.74, 6) is 4.04. The number of aromatic nitrogens is 1. The van der Waals surface area contributed by atoms with Gasteiger partial charge in [-0.05, 0) is 47.1 Å². The van der Waals surface area contributed by atoms with E-state index in [4.69, 9.17) is 5.84 Å². The predicted molar refractivity (Wildman–Crippen MR) is 80.3 cm³/mol. The lowest BCUT2D eigenvalue weighted by Crippen LogP contribution is -2.30. The van der Waals surface area contributed by atoms with Crippen LogP contribution in [0, 0.1) is 12.7 Å². The largest absolute Gasteiger partial charge is 0.310 e. The molecule has 1 heterocycles. The van der Waals surface area contributed by atoms with Crippen LogP contribution in [-0.4, -0.2) is 10.5 Å². The molecule has 0 saturated carbocycles. The number of hydrogen-bond donors (Lipinski definition) is 2. The van der Waals surface area contributed by atoms with Gasteiger partial charge in [-0.25, -0.2) is 10.2 Å². The molecule has 2 aromatic rings. The molecule has 0 atom stereocenters. The Morgan fingerprint density at radius 1 is 1.43 bits per heavy atom. The van der Waals surface area contributed by atoms with E-state index in [0.717, 1.165) is 4.47 Å². The quantitative estimate of drug-likeness (QED) is 0.501. The first-order chi connectivity index (χ1) is 9.92. The van der Waals surface area contributed by atoms with Gasteiger partial charge < -0.3 is 4.57 Å². The summed E-state index contributed by atoms with van der Waals surface area (Å²) in [7, 11) is 0. The molecule has 7 heteroatoms. The molecule has 0 aliphatic rings. The highest BCUT2D eigenvalue weighted by Gasteiger charge is 2.11. The number of nitrogen functional groups attached to an aromatic ring is 1. The molecule has 110 valence electrons. The second-order valence-electron chi connectivity index (χ2n) is 4.55. The molecule has 1 aromatic carbocycles. The molecule has 0 spiro atoms. The van der Waals surface area contributed by atoms with Gasteiger partial charge in [-0.3, -0.25) is 15.0 Å². The van der Waals surface area contributed by atoms with Crippen LogP contribution in [0.2, 0.25) is 0 Å². The van der Waals surface area contributed by atoms with Crippen LogP contribution < -0.4 is 16.8 Å². The van der Waals surface area contributed by atoms with Crippen molar-refractivity contribution < 1.29 is 9.18 Å². The van der Waals surface area contributed by atoms with Gasteiger partial charge in [0.2, 0.25) is 0 Å². The fourth-order valence-corrected chi connectivity index (χ4v) is 2.55. The van der Waals surface area contributed by atoms with Gasteiger partial charge >= 0.3 is 0 Å². The Morgan fingerprint density at radius 2 is 2.14 bits per heavy atom. The average Bonchev–Trinajstić information content (AvgIpc) is 2.45. The summed E-state index contributed by atoms with van der Waals surface area (Å²) in [6, 6.07) is 5.57. The molecule has 5 nitrogen and oxygen atoms in total. The Labute approximate surface area is 128 Å². The number of nitrogens with two attached hydrogens (primary N) is 1. The number of nitrogens with zero attached hydrogens (tertiary/aromatic N) is 1. The lowest BCUT2D eigenvalue weighted by atomic mass is 10.1. The average molecular weight is 354 g/mol. The predicted octanol–water partition coefficient (Wildman–Crippen LogP) is 1.71. The van der Waals surface area contributed by atoms with E-state index in [9.17, 15) is 14.0 Å². The van der Waals surface area contributed by atoms with Crippen LogP contribution in [0.1, 0.15) is 21.5 Å². The van der Waals surface area contributed by atoms with Crippen LogP contribution in [0.25, 0.3) is 0 Å². The molecular formula is C14H13BrFN3O2. The molecule has 2 rings (SSSR count). The maximum atomic E-state index is 13.9. The third-order valence-corrected chi connectivity index (χ3v) is 3.45. The Balaban J connectivity index is 2.44. The molecule has 0 aliphatic carbocycles. The maximum absolute atomic E-state index is 13.9. The summed E-state index contributed by atoms with van der Waals surface area (Å²) in [5.41, 5.74) is 2.77. The van der Waals surface area contributed by atoms with Crippen molar-refractivity contribution in [3.05, 3.63) is 67.8 Å². The standard InChI is InChI=1S/C14H13BrFN3O2/c1-8-4-11(15)7-19(14(8)21)6-10-5-9(13(20)18-17)2-3-12(10)16/h2-5,7H,6,17H2,1H3,(H,18,20). The van der Waals surface area contributed by atoms with Gasteiger partial charge in [-0.2, -0.15) is 0 Å². The number of aryl methyl sites for hydroxylation is 1. The summed E-state index contributed by atoms with van der Waals surface area (Å²) in [5, 5.41) is 0. The third-order valence-electron chi connectivity index (χ3n) is 3.01. The zero-order valence-corrected chi connectivity index (χ0v) is 12.8. The number of carbonyl (C=O) groups excluding carboxylic acids is 1. The normalized spacial score (nSPS) is 10.5. The van der Waals surface area contributed by atoms with Crippen LogP contribution >= 0.6 is 15.9 Å². The highest BCUT2D eigenvalue weighted by Crippen LogP contribution is 2.14. The number of amides is 1. The zero-order chi connectivity index (χ0) is 15.6. The molecule has 1 aromatic heterocycles. The van der Waals surface area contributed by atoms with E-state index in [1.165, 1.54) is 22.8 Å². The van der Waals surface area contributed by atoms with Crippen LogP contribution in [0.5, 0.6) is 0 Å². The number of pyridine rings is 1. The topological polar surface area (TPSA) is 77.1 Å². The Bertz CT molecular complexity index is 758. The van der Waals surface area contributed by atoms with E-state index in [1.807, 2.05) is 5.43 Å². The van der Waals surface area contributed by atoms with Gasteiger partial charge in [-0.1, -0.05) is 0 Å². The first kappa shape index (κ1) is 15.4. The molecule has 3 N–H and O–H groups in total. The Kier molecular flexibility index (Phi) is 4.54. The molecule has 0 radical (unpaired) electrons. The van der Waals surface area contributed by atoms with Gasteiger partial charge in [0, 0.05) is 27.4 Å². The van der Waals surface area contributed by atoms with Crippen LogP contribution in [0.15, 0.2) is 39.7 Å². The van der Waals surface area contributed by atoms with Crippen molar-refractivity contribution in [3.63, 3.8) is 0 Å².